The Kier molecular flexibility index (Phi) is 5.58. The third kappa shape index (κ3) is 4.22. The van der Waals surface area contributed by atoms with Crippen LogP contribution in [0, 0.1) is 0 Å². The van der Waals surface area contributed by atoms with Crippen molar-refractivity contribution in [1.82, 2.24) is 14.7 Å². The van der Waals surface area contributed by atoms with E-state index < -0.39 is 23.7 Å². The lowest BCUT2D eigenvalue weighted by molar-refractivity contribution is -0.142. The summed E-state index contributed by atoms with van der Waals surface area (Å²) in [7, 11) is 0. The number of nitrogens with one attached hydrogen (secondary N) is 1. The fraction of sp³-hybridized carbons (Fsp3) is 0.526. The van der Waals surface area contributed by atoms with Gasteiger partial charge in [-0.25, -0.2) is 0 Å². The zero-order valence-electron chi connectivity index (χ0n) is 16.2. The third-order valence-electron chi connectivity index (χ3n) is 5.42. The largest absolute Gasteiger partial charge is 0.435 e. The summed E-state index contributed by atoms with van der Waals surface area (Å²) in [4.78, 5) is 27.4. The second-order valence-electron chi connectivity index (χ2n) is 7.66. The number of halogens is 3. The second kappa shape index (κ2) is 8.03. The minimum Gasteiger partial charge on any atom is -0.365 e. The molecule has 1 aliphatic carbocycles. The first-order valence-electron chi connectivity index (χ1n) is 9.82. The highest BCUT2D eigenvalue weighted by Gasteiger charge is 2.38. The average Bonchev–Trinajstić information content (AvgIpc) is 3.18. The number of nitrogens with zero attached hydrogens (tertiary/aromatic N) is 3. The van der Waals surface area contributed by atoms with Crippen molar-refractivity contribution in [2.24, 2.45) is 5.73 Å². The van der Waals surface area contributed by atoms with Crippen molar-refractivity contribution in [1.29, 1.82) is 0 Å². The minimum absolute atomic E-state index is 0.0550. The number of alkyl halides is 3. The molecule has 2 aromatic heterocycles. The molecule has 1 fully saturated rings. The Morgan fingerprint density at radius 3 is 2.57 bits per heavy atom. The lowest BCUT2D eigenvalue weighted by Gasteiger charge is -2.30. The molecule has 7 nitrogen and oxygen atoms in total. The third-order valence-corrected chi connectivity index (χ3v) is 6.63. The Balaban J connectivity index is 1.52. The number of anilines is 1. The summed E-state index contributed by atoms with van der Waals surface area (Å²) in [5.74, 6) is -1.16. The van der Waals surface area contributed by atoms with Crippen molar-refractivity contribution in [2.75, 3.05) is 18.4 Å². The summed E-state index contributed by atoms with van der Waals surface area (Å²) in [6.07, 6.45) is 1.16. The van der Waals surface area contributed by atoms with Gasteiger partial charge in [0.25, 0.3) is 5.91 Å². The average molecular weight is 441 g/mol. The molecule has 2 aliphatic rings. The molecule has 3 heterocycles. The summed E-state index contributed by atoms with van der Waals surface area (Å²) < 4.78 is 41.0. The van der Waals surface area contributed by atoms with Crippen LogP contribution in [0.2, 0.25) is 0 Å². The molecule has 2 aromatic rings. The van der Waals surface area contributed by atoms with Crippen LogP contribution in [0.25, 0.3) is 0 Å². The quantitative estimate of drug-likeness (QED) is 0.721. The van der Waals surface area contributed by atoms with E-state index in [1.807, 2.05) is 4.90 Å². The maximum absolute atomic E-state index is 13.3. The van der Waals surface area contributed by atoms with E-state index in [0.29, 0.717) is 10.6 Å². The topological polar surface area (TPSA) is 93.2 Å². The molecule has 1 aliphatic heterocycles. The first-order valence-corrected chi connectivity index (χ1v) is 10.6. The van der Waals surface area contributed by atoms with E-state index >= 15 is 0 Å². The van der Waals surface area contributed by atoms with E-state index in [4.69, 9.17) is 5.73 Å². The van der Waals surface area contributed by atoms with E-state index in [0.717, 1.165) is 60.3 Å². The van der Waals surface area contributed by atoms with Gasteiger partial charge in [0.1, 0.15) is 11.5 Å². The first-order chi connectivity index (χ1) is 14.2. The van der Waals surface area contributed by atoms with Crippen molar-refractivity contribution in [3.05, 3.63) is 33.5 Å². The fourth-order valence-corrected chi connectivity index (χ4v) is 5.22. The molecule has 4 rings (SSSR count). The maximum Gasteiger partial charge on any atom is 0.435 e. The van der Waals surface area contributed by atoms with Crippen LogP contribution in [0.15, 0.2) is 6.20 Å². The maximum atomic E-state index is 13.3. The number of aromatic nitrogens is 2. The standard InChI is InChI=1S/C19H22F3N5O2S/c20-19(21,22)16-11(8-26-6-3-7-26)9-27(25-16)10-14(28)24-18-15(17(23)29)12-4-1-2-5-13(12)30-18/h9H,1-8,10H2,(H2,23,29)(H,24,28). The summed E-state index contributed by atoms with van der Waals surface area (Å²) in [5, 5.41) is 6.63. The van der Waals surface area contributed by atoms with Crippen LogP contribution in [0.4, 0.5) is 18.2 Å². The molecule has 1 saturated heterocycles. The van der Waals surface area contributed by atoms with Crippen molar-refractivity contribution in [3.63, 3.8) is 0 Å². The fourth-order valence-electron chi connectivity index (χ4n) is 3.91. The Morgan fingerprint density at radius 2 is 1.93 bits per heavy atom. The van der Waals surface area contributed by atoms with Gasteiger partial charge in [-0.05, 0) is 50.8 Å². The molecule has 0 aromatic carbocycles. The highest BCUT2D eigenvalue weighted by Crippen LogP contribution is 2.38. The van der Waals surface area contributed by atoms with Gasteiger partial charge in [0.2, 0.25) is 5.91 Å². The lowest BCUT2D eigenvalue weighted by Crippen LogP contribution is -2.36. The Morgan fingerprint density at radius 1 is 1.20 bits per heavy atom. The van der Waals surface area contributed by atoms with Gasteiger partial charge in [-0.1, -0.05) is 0 Å². The lowest BCUT2D eigenvalue weighted by atomic mass is 9.95. The Bertz CT molecular complexity index is 978. The monoisotopic (exact) mass is 441 g/mol. The number of hydrogen-bond donors (Lipinski definition) is 2. The molecule has 0 unspecified atom stereocenters. The molecule has 3 N–H and O–H groups in total. The molecule has 0 saturated carbocycles. The number of hydrogen-bond acceptors (Lipinski definition) is 5. The van der Waals surface area contributed by atoms with Gasteiger partial charge in [-0.15, -0.1) is 11.3 Å². The van der Waals surface area contributed by atoms with Crippen LogP contribution in [0.1, 0.15) is 51.3 Å². The van der Waals surface area contributed by atoms with E-state index in [1.54, 1.807) is 0 Å². The number of nitrogens with two attached hydrogens (primary N) is 1. The highest BCUT2D eigenvalue weighted by atomic mass is 32.1. The molecule has 0 spiro atoms. The zero-order valence-corrected chi connectivity index (χ0v) is 17.0. The van der Waals surface area contributed by atoms with Crippen LogP contribution < -0.4 is 11.1 Å². The number of rotatable bonds is 6. The number of aryl methyl sites for hydroxylation is 1. The molecule has 11 heteroatoms. The number of likely N-dealkylation sites (tertiary alicyclic amines) is 1. The van der Waals surface area contributed by atoms with Crippen LogP contribution >= 0.6 is 11.3 Å². The van der Waals surface area contributed by atoms with E-state index in [2.05, 4.69) is 10.4 Å². The van der Waals surface area contributed by atoms with E-state index in [9.17, 15) is 22.8 Å². The van der Waals surface area contributed by atoms with Crippen molar-refractivity contribution < 1.29 is 22.8 Å². The molecule has 0 atom stereocenters. The Labute approximate surface area is 175 Å². The van der Waals surface area contributed by atoms with Crippen molar-refractivity contribution in [2.45, 2.75) is 51.4 Å². The van der Waals surface area contributed by atoms with Crippen LogP contribution in [0.3, 0.4) is 0 Å². The smallest absolute Gasteiger partial charge is 0.365 e. The summed E-state index contributed by atoms with van der Waals surface area (Å²) in [6.45, 7) is 1.27. The molecular formula is C19H22F3N5O2S. The van der Waals surface area contributed by atoms with Gasteiger partial charge in [-0.2, -0.15) is 18.3 Å². The van der Waals surface area contributed by atoms with Gasteiger partial charge >= 0.3 is 6.18 Å². The summed E-state index contributed by atoms with van der Waals surface area (Å²) in [5.41, 5.74) is 5.80. The minimum atomic E-state index is -4.59. The number of carbonyl (C=O) groups is 2. The normalized spacial score (nSPS) is 16.8. The number of fused-ring (bicyclic) bond motifs is 1. The number of carbonyl (C=O) groups excluding carboxylic acids is 2. The van der Waals surface area contributed by atoms with Crippen LogP contribution in [-0.2, 0) is 36.9 Å². The predicted molar refractivity (Wildman–Crippen MR) is 105 cm³/mol. The van der Waals surface area contributed by atoms with Crippen molar-refractivity contribution >= 4 is 28.2 Å². The molecule has 162 valence electrons. The van der Waals surface area contributed by atoms with Gasteiger partial charge < -0.3 is 11.1 Å². The number of thiophene rings is 1. The van der Waals surface area contributed by atoms with Crippen LogP contribution in [0.5, 0.6) is 0 Å². The van der Waals surface area contributed by atoms with Gasteiger partial charge in [0.15, 0.2) is 5.69 Å². The SMILES string of the molecule is NC(=O)c1c(NC(=O)Cn2cc(CN3CCC3)c(C(F)(F)F)n2)sc2c1CCCC2. The number of amides is 2. The molecule has 30 heavy (non-hydrogen) atoms. The molecule has 0 bridgehead atoms. The Hall–Kier alpha value is -2.40. The van der Waals surface area contributed by atoms with E-state index in [-0.39, 0.29) is 18.7 Å². The zero-order chi connectivity index (χ0) is 21.5. The van der Waals surface area contributed by atoms with Gasteiger partial charge in [0, 0.05) is 23.2 Å². The second-order valence-corrected chi connectivity index (χ2v) is 8.76. The molecular weight excluding hydrogens is 419 g/mol. The number of primary amides is 1. The summed E-state index contributed by atoms with van der Waals surface area (Å²) >= 11 is 1.31. The molecule has 2 amide bonds. The van der Waals surface area contributed by atoms with Crippen molar-refractivity contribution in [3.8, 4) is 0 Å². The molecule has 0 radical (unpaired) electrons. The van der Waals surface area contributed by atoms with E-state index in [1.165, 1.54) is 17.5 Å². The first kappa shape index (κ1) is 20.9. The van der Waals surface area contributed by atoms with Crippen LogP contribution in [-0.4, -0.2) is 39.6 Å². The summed E-state index contributed by atoms with van der Waals surface area (Å²) in [6, 6.07) is 0. The predicted octanol–water partition coefficient (Wildman–Crippen LogP) is 2.79. The van der Waals surface area contributed by atoms with Gasteiger partial charge in [-0.3, -0.25) is 19.2 Å². The highest BCUT2D eigenvalue weighted by molar-refractivity contribution is 7.17. The van der Waals surface area contributed by atoms with Gasteiger partial charge in [0.05, 0.1) is 5.56 Å².